The Hall–Kier alpha value is -1.81. The maximum Gasteiger partial charge on any atom is 0.250 e. The van der Waals surface area contributed by atoms with Gasteiger partial charge in [-0.2, -0.15) is 0 Å². The van der Waals surface area contributed by atoms with Crippen LogP contribution in [0, 0.1) is 17.3 Å². The highest BCUT2D eigenvalue weighted by Gasteiger charge is 2.53. The van der Waals surface area contributed by atoms with Gasteiger partial charge < -0.3 is 14.4 Å². The van der Waals surface area contributed by atoms with E-state index in [2.05, 4.69) is 31.2 Å². The molecular formula is C24H31NO3. The first-order valence-electron chi connectivity index (χ1n) is 10.9. The Morgan fingerprint density at radius 1 is 1.25 bits per heavy atom. The van der Waals surface area contributed by atoms with Crippen molar-refractivity contribution in [2.24, 2.45) is 17.3 Å². The Bertz CT molecular complexity index is 810. The quantitative estimate of drug-likeness (QED) is 0.779. The minimum Gasteiger partial charge on any atom is -0.497 e. The first kappa shape index (κ1) is 18.2. The number of morpholine rings is 1. The maximum absolute atomic E-state index is 13.3. The number of benzene rings is 1. The summed E-state index contributed by atoms with van der Waals surface area (Å²) >= 11 is 0. The predicted octanol–water partition coefficient (Wildman–Crippen LogP) is 3.95. The first-order valence-corrected chi connectivity index (χ1v) is 10.9. The molecule has 1 amide bonds. The van der Waals surface area contributed by atoms with Gasteiger partial charge in [-0.05, 0) is 73.1 Å². The number of fused-ring (bicyclic) bond motifs is 5. The van der Waals surface area contributed by atoms with Crippen LogP contribution in [0.4, 0.5) is 0 Å². The molecule has 4 nitrogen and oxygen atoms in total. The number of carbonyl (C=O) groups is 1. The van der Waals surface area contributed by atoms with Crippen molar-refractivity contribution in [2.75, 3.05) is 33.4 Å². The van der Waals surface area contributed by atoms with Crippen LogP contribution < -0.4 is 4.74 Å². The van der Waals surface area contributed by atoms with Crippen molar-refractivity contribution in [3.05, 3.63) is 41.0 Å². The molecule has 1 aliphatic heterocycles. The van der Waals surface area contributed by atoms with E-state index in [0.29, 0.717) is 31.0 Å². The third kappa shape index (κ3) is 2.72. The van der Waals surface area contributed by atoms with Gasteiger partial charge in [-0.25, -0.2) is 0 Å². The van der Waals surface area contributed by atoms with Crippen molar-refractivity contribution < 1.29 is 14.3 Å². The largest absolute Gasteiger partial charge is 0.497 e. The Balaban J connectivity index is 1.39. The fourth-order valence-electron chi connectivity index (χ4n) is 6.52. The van der Waals surface area contributed by atoms with Crippen molar-refractivity contribution >= 4 is 5.91 Å². The van der Waals surface area contributed by atoms with Crippen LogP contribution in [-0.2, 0) is 16.0 Å². The summed E-state index contributed by atoms with van der Waals surface area (Å²) in [6.07, 6.45) is 8.02. The van der Waals surface area contributed by atoms with Crippen LogP contribution in [0.5, 0.6) is 5.75 Å². The van der Waals surface area contributed by atoms with Crippen LogP contribution in [0.2, 0.25) is 0 Å². The molecule has 0 unspecified atom stereocenters. The van der Waals surface area contributed by atoms with Crippen LogP contribution in [0.25, 0.3) is 0 Å². The molecular weight excluding hydrogens is 350 g/mol. The second-order valence-electron chi connectivity index (χ2n) is 9.19. The van der Waals surface area contributed by atoms with Crippen LogP contribution in [0.1, 0.15) is 49.7 Å². The van der Waals surface area contributed by atoms with Crippen LogP contribution in [0.3, 0.4) is 0 Å². The highest BCUT2D eigenvalue weighted by Crippen LogP contribution is 2.61. The van der Waals surface area contributed by atoms with Crippen LogP contribution in [0.15, 0.2) is 29.8 Å². The third-order valence-corrected chi connectivity index (χ3v) is 8.04. The third-order valence-electron chi connectivity index (χ3n) is 8.04. The lowest BCUT2D eigenvalue weighted by molar-refractivity contribution is -0.133. The zero-order valence-electron chi connectivity index (χ0n) is 17.1. The fourth-order valence-corrected chi connectivity index (χ4v) is 6.52. The Morgan fingerprint density at radius 2 is 2.07 bits per heavy atom. The summed E-state index contributed by atoms with van der Waals surface area (Å²) in [7, 11) is 1.75. The molecule has 1 saturated carbocycles. The zero-order chi connectivity index (χ0) is 19.3. The van der Waals surface area contributed by atoms with E-state index in [1.165, 1.54) is 24.0 Å². The van der Waals surface area contributed by atoms with Crippen molar-refractivity contribution in [1.82, 2.24) is 4.90 Å². The summed E-state index contributed by atoms with van der Waals surface area (Å²) in [5.74, 6) is 3.16. The normalized spacial score (nSPS) is 34.1. The van der Waals surface area contributed by atoms with Gasteiger partial charge in [-0.1, -0.05) is 19.1 Å². The van der Waals surface area contributed by atoms with Crippen molar-refractivity contribution in [1.29, 1.82) is 0 Å². The zero-order valence-corrected chi connectivity index (χ0v) is 17.1. The molecule has 5 rings (SSSR count). The van der Waals surface area contributed by atoms with Gasteiger partial charge in [0.2, 0.25) is 5.91 Å². The molecule has 2 fully saturated rings. The molecule has 4 aliphatic rings. The summed E-state index contributed by atoms with van der Waals surface area (Å²) in [6.45, 7) is 5.18. The van der Waals surface area contributed by atoms with Crippen molar-refractivity contribution in [3.63, 3.8) is 0 Å². The molecule has 0 aromatic heterocycles. The number of aryl methyl sites for hydroxylation is 1. The van der Waals surface area contributed by atoms with Gasteiger partial charge in [0.05, 0.1) is 20.3 Å². The van der Waals surface area contributed by atoms with E-state index in [0.717, 1.165) is 43.7 Å². The van der Waals surface area contributed by atoms with E-state index < -0.39 is 0 Å². The lowest BCUT2D eigenvalue weighted by atomic mass is 9.54. The standard InChI is InChI=1S/C24H31NO3/c1-24-10-9-19-18-6-4-17(27-2)15-16(18)3-5-20(19)21(24)7-8-22(24)23(26)25-11-13-28-14-12-25/h4,6,8,15,19-21H,3,5,7,9-14H2,1-2H3/t19-,20-,21+,24+/m1/s1. The summed E-state index contributed by atoms with van der Waals surface area (Å²) in [6, 6.07) is 6.66. The molecule has 28 heavy (non-hydrogen) atoms. The molecule has 0 radical (unpaired) electrons. The highest BCUT2D eigenvalue weighted by atomic mass is 16.5. The smallest absolute Gasteiger partial charge is 0.250 e. The van der Waals surface area contributed by atoms with Gasteiger partial charge in [0, 0.05) is 24.1 Å². The Morgan fingerprint density at radius 3 is 2.86 bits per heavy atom. The lowest BCUT2D eigenvalue weighted by Crippen LogP contribution is -2.47. The average Bonchev–Trinajstić information content (AvgIpc) is 3.10. The van der Waals surface area contributed by atoms with Crippen molar-refractivity contribution in [3.8, 4) is 5.75 Å². The van der Waals surface area contributed by atoms with Gasteiger partial charge in [-0.3, -0.25) is 4.79 Å². The molecule has 4 heteroatoms. The summed E-state index contributed by atoms with van der Waals surface area (Å²) in [5, 5.41) is 0. The summed E-state index contributed by atoms with van der Waals surface area (Å²) in [5.41, 5.74) is 4.14. The maximum atomic E-state index is 13.3. The minimum absolute atomic E-state index is 0.0422. The van der Waals surface area contributed by atoms with Crippen LogP contribution in [-0.4, -0.2) is 44.2 Å². The molecule has 0 spiro atoms. The first-order chi connectivity index (χ1) is 13.6. The number of carbonyl (C=O) groups excluding carboxylic acids is 1. The average molecular weight is 382 g/mol. The van der Waals surface area contributed by atoms with E-state index in [-0.39, 0.29) is 11.3 Å². The van der Waals surface area contributed by atoms with Gasteiger partial charge in [0.25, 0.3) is 0 Å². The van der Waals surface area contributed by atoms with E-state index in [1.807, 2.05) is 4.90 Å². The Labute approximate surface area is 167 Å². The molecule has 3 aliphatic carbocycles. The SMILES string of the molecule is COc1ccc2c(c1)CC[C@@H]1[C@@H]2CC[C@]2(C)C(C(=O)N3CCOCC3)=CC[C@@H]12. The van der Waals surface area contributed by atoms with Crippen LogP contribution >= 0.6 is 0 Å². The number of rotatable bonds is 2. The van der Waals surface area contributed by atoms with E-state index >= 15 is 0 Å². The number of hydrogen-bond acceptors (Lipinski definition) is 3. The molecule has 1 aromatic carbocycles. The Kier molecular flexibility index (Phi) is 4.50. The van der Waals surface area contributed by atoms with E-state index in [4.69, 9.17) is 9.47 Å². The van der Waals surface area contributed by atoms with Gasteiger partial charge in [0.1, 0.15) is 5.75 Å². The van der Waals surface area contributed by atoms with Gasteiger partial charge >= 0.3 is 0 Å². The topological polar surface area (TPSA) is 38.8 Å². The number of methoxy groups -OCH3 is 1. The second kappa shape index (κ2) is 6.91. The fraction of sp³-hybridized carbons (Fsp3) is 0.625. The lowest BCUT2D eigenvalue weighted by Gasteiger charge is -2.50. The van der Waals surface area contributed by atoms with Crippen molar-refractivity contribution in [2.45, 2.75) is 44.9 Å². The summed E-state index contributed by atoms with van der Waals surface area (Å²) in [4.78, 5) is 15.3. The van der Waals surface area contributed by atoms with Gasteiger partial charge in [0.15, 0.2) is 0 Å². The molecule has 1 heterocycles. The highest BCUT2D eigenvalue weighted by molar-refractivity contribution is 5.95. The molecule has 1 aromatic rings. The number of hydrogen-bond donors (Lipinski definition) is 0. The molecule has 1 saturated heterocycles. The number of nitrogens with zero attached hydrogens (tertiary/aromatic N) is 1. The molecule has 4 atom stereocenters. The van der Waals surface area contributed by atoms with E-state index in [1.54, 1.807) is 7.11 Å². The molecule has 0 bridgehead atoms. The molecule has 0 N–H and O–H groups in total. The van der Waals surface area contributed by atoms with E-state index in [9.17, 15) is 4.79 Å². The monoisotopic (exact) mass is 381 g/mol. The second-order valence-corrected chi connectivity index (χ2v) is 9.19. The van der Waals surface area contributed by atoms with Gasteiger partial charge in [-0.15, -0.1) is 0 Å². The minimum atomic E-state index is 0.0422. The molecule has 150 valence electrons. The number of amides is 1. The summed E-state index contributed by atoms with van der Waals surface area (Å²) < 4.78 is 10.9. The number of allylic oxidation sites excluding steroid dienone is 1. The predicted molar refractivity (Wildman–Crippen MR) is 108 cm³/mol. The number of ether oxygens (including phenoxy) is 2.